The second-order valence-electron chi connectivity index (χ2n) is 7.38. The van der Waals surface area contributed by atoms with E-state index in [9.17, 15) is 9.59 Å². The first kappa shape index (κ1) is 18.0. The Morgan fingerprint density at radius 3 is 2.85 bits per heavy atom. The SMILES string of the molecule is Cc1ccc(-n2ncc(C(=O)NC3CCCCNC3=O)c2C2CC2)cc1Cl. The minimum Gasteiger partial charge on any atom is -0.354 e. The number of hydrogen-bond donors (Lipinski definition) is 2. The average Bonchev–Trinajstić information content (AvgIpc) is 3.43. The van der Waals surface area contributed by atoms with Gasteiger partial charge in [-0.15, -0.1) is 0 Å². The van der Waals surface area contributed by atoms with Crippen molar-refractivity contribution in [3.05, 3.63) is 46.2 Å². The molecule has 2 heterocycles. The Morgan fingerprint density at radius 2 is 2.11 bits per heavy atom. The summed E-state index contributed by atoms with van der Waals surface area (Å²) >= 11 is 6.28. The van der Waals surface area contributed by atoms with Gasteiger partial charge in [0.1, 0.15) is 6.04 Å². The van der Waals surface area contributed by atoms with Crippen LogP contribution in [0, 0.1) is 6.92 Å². The van der Waals surface area contributed by atoms with E-state index in [0.717, 1.165) is 42.6 Å². The number of aromatic nitrogens is 2. The molecule has 6 nitrogen and oxygen atoms in total. The molecule has 1 aliphatic carbocycles. The van der Waals surface area contributed by atoms with E-state index in [-0.39, 0.29) is 11.8 Å². The molecule has 2 fully saturated rings. The molecule has 1 atom stereocenters. The minimum atomic E-state index is -0.482. The van der Waals surface area contributed by atoms with E-state index in [1.54, 1.807) is 6.20 Å². The van der Waals surface area contributed by atoms with Gasteiger partial charge in [0.25, 0.3) is 5.91 Å². The van der Waals surface area contributed by atoms with Gasteiger partial charge in [-0.25, -0.2) is 4.68 Å². The van der Waals surface area contributed by atoms with E-state index < -0.39 is 6.04 Å². The highest BCUT2D eigenvalue weighted by atomic mass is 35.5. The van der Waals surface area contributed by atoms with Crippen LogP contribution in [0.2, 0.25) is 5.02 Å². The lowest BCUT2D eigenvalue weighted by Gasteiger charge is -2.16. The molecule has 2 amide bonds. The van der Waals surface area contributed by atoms with E-state index >= 15 is 0 Å². The zero-order valence-corrected chi connectivity index (χ0v) is 16.1. The highest BCUT2D eigenvalue weighted by Gasteiger charge is 2.34. The minimum absolute atomic E-state index is 0.105. The molecule has 1 aromatic carbocycles. The zero-order valence-electron chi connectivity index (χ0n) is 15.3. The maximum atomic E-state index is 12.9. The van der Waals surface area contributed by atoms with Gasteiger partial charge in [0, 0.05) is 17.5 Å². The van der Waals surface area contributed by atoms with Gasteiger partial charge in [-0.05, 0) is 56.7 Å². The van der Waals surface area contributed by atoms with Crippen molar-refractivity contribution in [2.75, 3.05) is 6.54 Å². The molecule has 2 aliphatic rings. The van der Waals surface area contributed by atoms with Gasteiger partial charge in [-0.1, -0.05) is 17.7 Å². The first-order valence-electron chi connectivity index (χ1n) is 9.47. The molecule has 1 saturated carbocycles. The van der Waals surface area contributed by atoms with E-state index in [4.69, 9.17) is 11.6 Å². The Balaban J connectivity index is 1.63. The Labute approximate surface area is 163 Å². The van der Waals surface area contributed by atoms with Gasteiger partial charge in [-0.2, -0.15) is 5.10 Å². The van der Waals surface area contributed by atoms with Crippen LogP contribution in [0.15, 0.2) is 24.4 Å². The summed E-state index contributed by atoms with van der Waals surface area (Å²) in [4.78, 5) is 25.1. The topological polar surface area (TPSA) is 76.0 Å². The monoisotopic (exact) mass is 386 g/mol. The number of halogens is 1. The second-order valence-corrected chi connectivity index (χ2v) is 7.78. The Hall–Kier alpha value is -2.34. The molecule has 1 unspecified atom stereocenters. The van der Waals surface area contributed by atoms with Crippen LogP contribution in [-0.2, 0) is 4.79 Å². The van der Waals surface area contributed by atoms with Crippen LogP contribution >= 0.6 is 11.6 Å². The van der Waals surface area contributed by atoms with Crippen LogP contribution in [0.4, 0.5) is 0 Å². The third kappa shape index (κ3) is 3.72. The molecule has 0 bridgehead atoms. The van der Waals surface area contributed by atoms with Crippen LogP contribution in [0.1, 0.15) is 59.6 Å². The van der Waals surface area contributed by atoms with Crippen molar-refractivity contribution in [1.29, 1.82) is 0 Å². The standard InChI is InChI=1S/C20H23ClN4O2/c1-12-5-8-14(10-16(12)21)25-18(13-6-7-13)15(11-23-25)19(26)24-17-4-2-3-9-22-20(17)27/h5,8,10-11,13,17H,2-4,6-7,9H2,1H3,(H,22,27)(H,24,26). The second kappa shape index (κ2) is 7.35. The van der Waals surface area contributed by atoms with Gasteiger partial charge in [0.05, 0.1) is 23.1 Å². The van der Waals surface area contributed by atoms with Gasteiger partial charge in [0.2, 0.25) is 5.91 Å². The third-order valence-corrected chi connectivity index (χ3v) is 5.66. The number of aryl methyl sites for hydroxylation is 1. The highest BCUT2D eigenvalue weighted by molar-refractivity contribution is 6.31. The summed E-state index contributed by atoms with van der Waals surface area (Å²) in [5, 5.41) is 10.9. The first-order valence-corrected chi connectivity index (χ1v) is 9.85. The van der Waals surface area contributed by atoms with Crippen molar-refractivity contribution in [3.63, 3.8) is 0 Å². The molecule has 0 radical (unpaired) electrons. The summed E-state index contributed by atoms with van der Waals surface area (Å²) < 4.78 is 1.81. The smallest absolute Gasteiger partial charge is 0.255 e. The van der Waals surface area contributed by atoms with Gasteiger partial charge in [-0.3, -0.25) is 9.59 Å². The quantitative estimate of drug-likeness (QED) is 0.847. The van der Waals surface area contributed by atoms with Crippen molar-refractivity contribution in [2.24, 2.45) is 0 Å². The molecular formula is C20H23ClN4O2. The van der Waals surface area contributed by atoms with Gasteiger partial charge >= 0.3 is 0 Å². The molecule has 7 heteroatoms. The number of nitrogens with zero attached hydrogens (tertiary/aromatic N) is 2. The number of carbonyl (C=O) groups is 2. The van der Waals surface area contributed by atoms with Crippen LogP contribution in [0.5, 0.6) is 0 Å². The summed E-state index contributed by atoms with van der Waals surface area (Å²) in [6, 6.07) is 5.30. The van der Waals surface area contributed by atoms with Crippen molar-refractivity contribution in [3.8, 4) is 5.69 Å². The van der Waals surface area contributed by atoms with Gasteiger partial charge < -0.3 is 10.6 Å². The Morgan fingerprint density at radius 1 is 1.30 bits per heavy atom. The van der Waals surface area contributed by atoms with Crippen molar-refractivity contribution < 1.29 is 9.59 Å². The number of hydrogen-bond acceptors (Lipinski definition) is 3. The summed E-state index contributed by atoms with van der Waals surface area (Å²) in [5.41, 5.74) is 3.30. The zero-order chi connectivity index (χ0) is 19.0. The molecular weight excluding hydrogens is 364 g/mol. The number of carbonyl (C=O) groups excluding carboxylic acids is 2. The molecule has 4 rings (SSSR count). The van der Waals surface area contributed by atoms with E-state index in [2.05, 4.69) is 15.7 Å². The first-order chi connectivity index (χ1) is 13.0. The predicted octanol–water partition coefficient (Wildman–Crippen LogP) is 3.11. The summed E-state index contributed by atoms with van der Waals surface area (Å²) in [6.45, 7) is 2.62. The molecule has 2 aromatic rings. The number of benzene rings is 1. The van der Waals surface area contributed by atoms with Crippen molar-refractivity contribution in [1.82, 2.24) is 20.4 Å². The van der Waals surface area contributed by atoms with Crippen LogP contribution in [0.25, 0.3) is 5.69 Å². The Kier molecular flexibility index (Phi) is 4.91. The number of rotatable bonds is 4. The summed E-state index contributed by atoms with van der Waals surface area (Å²) in [5.74, 6) is -0.0220. The maximum Gasteiger partial charge on any atom is 0.255 e. The Bertz CT molecular complexity index is 888. The van der Waals surface area contributed by atoms with E-state index in [0.29, 0.717) is 29.5 Å². The van der Waals surface area contributed by atoms with Crippen LogP contribution in [0.3, 0.4) is 0 Å². The van der Waals surface area contributed by atoms with Crippen LogP contribution in [-0.4, -0.2) is 34.2 Å². The molecule has 1 aliphatic heterocycles. The third-order valence-electron chi connectivity index (χ3n) is 5.26. The lowest BCUT2D eigenvalue weighted by molar-refractivity contribution is -0.122. The van der Waals surface area contributed by atoms with E-state index in [1.807, 2.05) is 29.8 Å². The maximum absolute atomic E-state index is 12.9. The molecule has 27 heavy (non-hydrogen) atoms. The fourth-order valence-electron chi connectivity index (χ4n) is 3.51. The van der Waals surface area contributed by atoms with Crippen molar-refractivity contribution >= 4 is 23.4 Å². The summed E-state index contributed by atoms with van der Waals surface area (Å²) in [7, 11) is 0. The average molecular weight is 387 g/mol. The molecule has 0 spiro atoms. The molecule has 1 aromatic heterocycles. The lowest BCUT2D eigenvalue weighted by atomic mass is 10.1. The number of amides is 2. The van der Waals surface area contributed by atoms with Gasteiger partial charge in [0.15, 0.2) is 0 Å². The van der Waals surface area contributed by atoms with Crippen molar-refractivity contribution in [2.45, 2.75) is 51.0 Å². The predicted molar refractivity (Wildman–Crippen MR) is 103 cm³/mol. The highest BCUT2D eigenvalue weighted by Crippen LogP contribution is 2.42. The molecule has 142 valence electrons. The normalized spacial score (nSPS) is 20.1. The fourth-order valence-corrected chi connectivity index (χ4v) is 3.69. The largest absolute Gasteiger partial charge is 0.354 e. The molecule has 2 N–H and O–H groups in total. The van der Waals surface area contributed by atoms with Crippen LogP contribution < -0.4 is 10.6 Å². The lowest BCUT2D eigenvalue weighted by Crippen LogP contribution is -2.45. The fraction of sp³-hybridized carbons (Fsp3) is 0.450. The molecule has 1 saturated heterocycles. The number of nitrogens with one attached hydrogen (secondary N) is 2. The van der Waals surface area contributed by atoms with E-state index in [1.165, 1.54) is 0 Å². The summed E-state index contributed by atoms with van der Waals surface area (Å²) in [6.07, 6.45) is 6.20.